The number of carboxylic acids is 1. The molecule has 0 radical (unpaired) electrons. The maximum absolute atomic E-state index is 12.7. The average Bonchev–Trinajstić information content (AvgIpc) is 3.11. The number of hydrogen-bond donors (Lipinski definition) is 0. The van der Waals surface area contributed by atoms with E-state index in [1.54, 1.807) is 21.1 Å². The lowest BCUT2D eigenvalue weighted by Gasteiger charge is -2.34. The van der Waals surface area contributed by atoms with Gasteiger partial charge in [-0.15, -0.1) is 0 Å². The van der Waals surface area contributed by atoms with Gasteiger partial charge in [0.25, 0.3) is 0 Å². The van der Waals surface area contributed by atoms with E-state index in [1.807, 2.05) is 0 Å². The van der Waals surface area contributed by atoms with Crippen LogP contribution in [-0.4, -0.2) is 75.5 Å². The second-order valence-electron chi connectivity index (χ2n) is 15.6. The van der Waals surface area contributed by atoms with Gasteiger partial charge >= 0.3 is 11.9 Å². The van der Waals surface area contributed by atoms with E-state index in [0.29, 0.717) is 12.8 Å². The minimum absolute atomic E-state index is 0.0331. The van der Waals surface area contributed by atoms with Crippen molar-refractivity contribution in [3.05, 3.63) is 36.5 Å². The van der Waals surface area contributed by atoms with Gasteiger partial charge < -0.3 is 28.6 Å². The minimum Gasteiger partial charge on any atom is -0.544 e. The third-order valence-corrected chi connectivity index (χ3v) is 9.48. The number of allylic oxidation sites excluding steroid dienone is 6. The first-order valence-corrected chi connectivity index (χ1v) is 21.5. The molecule has 0 aliphatic heterocycles. The van der Waals surface area contributed by atoms with Crippen LogP contribution in [0.15, 0.2) is 36.5 Å². The summed E-state index contributed by atoms with van der Waals surface area (Å²) in [7, 11) is 5.39. The van der Waals surface area contributed by atoms with Gasteiger partial charge in [0.1, 0.15) is 12.6 Å². The van der Waals surface area contributed by atoms with Gasteiger partial charge in [-0.25, -0.2) is 0 Å². The molecule has 2 atom stereocenters. The van der Waals surface area contributed by atoms with Crippen molar-refractivity contribution >= 4 is 17.9 Å². The van der Waals surface area contributed by atoms with E-state index >= 15 is 0 Å². The van der Waals surface area contributed by atoms with Crippen molar-refractivity contribution in [1.29, 1.82) is 0 Å². The number of carbonyl (C=O) groups excluding carboxylic acids is 3. The molecule has 8 heteroatoms. The van der Waals surface area contributed by atoms with Gasteiger partial charge in [-0.2, -0.15) is 0 Å². The Hall–Kier alpha value is -2.45. The zero-order valence-corrected chi connectivity index (χ0v) is 34.9. The summed E-state index contributed by atoms with van der Waals surface area (Å²) < 4.78 is 17.1. The summed E-state index contributed by atoms with van der Waals surface area (Å²) in [6.07, 6.45) is 40.2. The van der Waals surface area contributed by atoms with Crippen molar-refractivity contribution in [2.75, 3.05) is 41.0 Å². The first-order chi connectivity index (χ1) is 25.6. The molecule has 53 heavy (non-hydrogen) atoms. The number of carboxylic acid groups (broad SMARTS) is 1. The lowest BCUT2D eigenvalue weighted by Crippen LogP contribution is -2.55. The van der Waals surface area contributed by atoms with Gasteiger partial charge in [-0.1, -0.05) is 134 Å². The van der Waals surface area contributed by atoms with Crippen molar-refractivity contribution in [2.45, 2.75) is 193 Å². The molecule has 0 rings (SSSR count). The van der Waals surface area contributed by atoms with Gasteiger partial charge in [-0.05, 0) is 64.2 Å². The van der Waals surface area contributed by atoms with Gasteiger partial charge in [0.05, 0.1) is 40.3 Å². The van der Waals surface area contributed by atoms with Crippen molar-refractivity contribution < 1.29 is 38.2 Å². The molecule has 0 bridgehead atoms. The maximum atomic E-state index is 12.7. The summed E-state index contributed by atoms with van der Waals surface area (Å²) in [5.41, 5.74) is 0. The van der Waals surface area contributed by atoms with Crippen LogP contribution in [0.3, 0.4) is 0 Å². The molecular formula is C45H81NO7. The molecule has 0 aromatic heterocycles. The molecule has 0 aromatic rings. The summed E-state index contributed by atoms with van der Waals surface area (Å²) >= 11 is 0. The molecule has 0 aliphatic carbocycles. The molecule has 8 nitrogen and oxygen atoms in total. The van der Waals surface area contributed by atoms with Crippen LogP contribution in [-0.2, 0) is 28.6 Å². The number of rotatable bonds is 38. The summed E-state index contributed by atoms with van der Waals surface area (Å²) in [4.78, 5) is 36.8. The molecule has 0 saturated carbocycles. The van der Waals surface area contributed by atoms with Crippen LogP contribution in [0.1, 0.15) is 181 Å². The summed E-state index contributed by atoms with van der Waals surface area (Å²) in [6, 6.07) is -0.728. The molecule has 0 aromatic carbocycles. The standard InChI is InChI=1S/C45H81NO7/c1-6-8-10-12-14-16-18-20-21-22-24-25-27-29-31-33-35-43(47)52-40-41(39-51-38-37-42(45(49)50)46(3,4)5)53-44(48)36-34-32-30-28-26-23-19-17-15-13-11-9-7-2/h11,13,17,19,21-22,41-42H,6-10,12,14-16,18,20,23-40H2,1-5H3/b13-11-,19-17-,22-21-. The Kier molecular flexibility index (Phi) is 34.8. The Morgan fingerprint density at radius 2 is 1.04 bits per heavy atom. The molecule has 0 spiro atoms. The summed E-state index contributed by atoms with van der Waals surface area (Å²) in [5.74, 6) is -1.76. The van der Waals surface area contributed by atoms with Crippen molar-refractivity contribution in [3.63, 3.8) is 0 Å². The quantitative estimate of drug-likeness (QED) is 0.0268. The summed E-state index contributed by atoms with van der Waals surface area (Å²) in [6.45, 7) is 4.57. The molecule has 0 aliphatic rings. The van der Waals surface area contributed by atoms with E-state index in [0.717, 1.165) is 83.5 Å². The van der Waals surface area contributed by atoms with Crippen molar-refractivity contribution in [1.82, 2.24) is 0 Å². The zero-order valence-electron chi connectivity index (χ0n) is 34.9. The fourth-order valence-electron chi connectivity index (χ4n) is 6.10. The van der Waals surface area contributed by atoms with Crippen LogP contribution >= 0.6 is 0 Å². The SMILES string of the molecule is CCC/C=C\C/C=C\CCCCCCCC(=O)OC(COCCC(C(=O)[O-])[N+](C)(C)C)COC(=O)CCCCCCC/C=C\CCCCCCCCC. The smallest absolute Gasteiger partial charge is 0.306 e. The first-order valence-electron chi connectivity index (χ1n) is 21.5. The van der Waals surface area contributed by atoms with Crippen LogP contribution < -0.4 is 5.11 Å². The Morgan fingerprint density at radius 3 is 1.55 bits per heavy atom. The highest BCUT2D eigenvalue weighted by Gasteiger charge is 2.25. The molecule has 308 valence electrons. The Morgan fingerprint density at radius 1 is 0.566 bits per heavy atom. The lowest BCUT2D eigenvalue weighted by atomic mass is 10.1. The second-order valence-corrected chi connectivity index (χ2v) is 15.6. The van der Waals surface area contributed by atoms with Crippen LogP contribution in [0, 0.1) is 0 Å². The van der Waals surface area contributed by atoms with Crippen LogP contribution in [0.25, 0.3) is 0 Å². The molecule has 2 unspecified atom stereocenters. The molecule has 0 N–H and O–H groups in total. The summed E-state index contributed by atoms with van der Waals surface area (Å²) in [5, 5.41) is 11.6. The van der Waals surface area contributed by atoms with Gasteiger partial charge in [0.15, 0.2) is 6.10 Å². The largest absolute Gasteiger partial charge is 0.544 e. The van der Waals surface area contributed by atoms with Gasteiger partial charge in [0.2, 0.25) is 0 Å². The number of nitrogens with zero attached hydrogens (tertiary/aromatic N) is 1. The topological polar surface area (TPSA) is 102 Å². The third-order valence-electron chi connectivity index (χ3n) is 9.48. The fourth-order valence-corrected chi connectivity index (χ4v) is 6.10. The van der Waals surface area contributed by atoms with Crippen LogP contribution in [0.5, 0.6) is 0 Å². The van der Waals surface area contributed by atoms with Crippen molar-refractivity contribution in [2.24, 2.45) is 0 Å². The number of quaternary nitrogens is 1. The van der Waals surface area contributed by atoms with Crippen LogP contribution in [0.4, 0.5) is 0 Å². The molecular weight excluding hydrogens is 666 g/mol. The zero-order chi connectivity index (χ0) is 39.3. The highest BCUT2D eigenvalue weighted by atomic mass is 16.6. The lowest BCUT2D eigenvalue weighted by molar-refractivity contribution is -0.889. The van der Waals surface area contributed by atoms with E-state index in [4.69, 9.17) is 14.2 Å². The average molecular weight is 748 g/mol. The third kappa shape index (κ3) is 35.0. The molecule has 0 saturated heterocycles. The Balaban J connectivity index is 4.38. The maximum Gasteiger partial charge on any atom is 0.306 e. The molecule has 0 amide bonds. The number of hydrogen-bond acceptors (Lipinski definition) is 7. The Labute approximate surface area is 325 Å². The Bertz CT molecular complexity index is 968. The number of aliphatic carboxylic acids is 1. The number of unbranched alkanes of at least 4 members (excludes halogenated alkanes) is 18. The van der Waals surface area contributed by atoms with E-state index < -0.39 is 18.1 Å². The van der Waals surface area contributed by atoms with E-state index in [2.05, 4.69) is 50.3 Å². The van der Waals surface area contributed by atoms with Gasteiger partial charge in [-0.3, -0.25) is 9.59 Å². The van der Waals surface area contributed by atoms with E-state index in [9.17, 15) is 19.5 Å². The predicted octanol–water partition coefficient (Wildman–Crippen LogP) is 10.1. The van der Waals surface area contributed by atoms with E-state index in [1.165, 1.54) is 64.2 Å². The number of ether oxygens (including phenoxy) is 3. The van der Waals surface area contributed by atoms with Crippen molar-refractivity contribution in [3.8, 4) is 0 Å². The second kappa shape index (κ2) is 36.5. The highest BCUT2D eigenvalue weighted by molar-refractivity contribution is 5.70. The van der Waals surface area contributed by atoms with Gasteiger partial charge in [0, 0.05) is 19.3 Å². The number of esters is 2. The minimum atomic E-state index is -1.13. The number of likely N-dealkylation sites (N-methyl/N-ethyl adjacent to an activating group) is 1. The molecule has 0 heterocycles. The molecule has 0 fully saturated rings. The van der Waals surface area contributed by atoms with E-state index in [-0.39, 0.29) is 42.7 Å². The fraction of sp³-hybridized carbons (Fsp3) is 0.800. The predicted molar refractivity (Wildman–Crippen MR) is 217 cm³/mol. The monoisotopic (exact) mass is 748 g/mol. The first kappa shape index (κ1) is 50.5. The van der Waals surface area contributed by atoms with Crippen LogP contribution in [0.2, 0.25) is 0 Å². The number of carbonyl (C=O) groups is 3. The highest BCUT2D eigenvalue weighted by Crippen LogP contribution is 2.13. The normalized spacial score (nSPS) is 13.3.